The standard InChI is InChI=1S/C9H11F2NO2/c1-14-6-4-2-3-5(13)7(6)8(12)9(10)11/h2-4,8-9,13H,12H2,1H3. The Bertz CT molecular complexity index is 318. The molecule has 0 bridgehead atoms. The predicted octanol–water partition coefficient (Wildman–Crippen LogP) is 1.67. The van der Waals surface area contributed by atoms with E-state index in [4.69, 9.17) is 10.5 Å². The van der Waals surface area contributed by atoms with Gasteiger partial charge in [0.2, 0.25) is 0 Å². The summed E-state index contributed by atoms with van der Waals surface area (Å²) in [5.41, 5.74) is 5.16. The number of methoxy groups -OCH3 is 1. The average molecular weight is 203 g/mol. The molecule has 0 aromatic heterocycles. The highest BCUT2D eigenvalue weighted by molar-refractivity contribution is 5.46. The van der Waals surface area contributed by atoms with Crippen molar-refractivity contribution in [1.29, 1.82) is 0 Å². The van der Waals surface area contributed by atoms with Crippen molar-refractivity contribution in [1.82, 2.24) is 0 Å². The molecular formula is C9H11F2NO2. The van der Waals surface area contributed by atoms with Gasteiger partial charge in [0.1, 0.15) is 11.5 Å². The van der Waals surface area contributed by atoms with Crippen LogP contribution in [0.5, 0.6) is 11.5 Å². The van der Waals surface area contributed by atoms with Gasteiger partial charge in [-0.15, -0.1) is 0 Å². The summed E-state index contributed by atoms with van der Waals surface area (Å²) >= 11 is 0. The lowest BCUT2D eigenvalue weighted by Crippen LogP contribution is -2.19. The quantitative estimate of drug-likeness (QED) is 0.785. The van der Waals surface area contributed by atoms with Crippen LogP contribution in [0.25, 0.3) is 0 Å². The fraction of sp³-hybridized carbons (Fsp3) is 0.333. The highest BCUT2D eigenvalue weighted by Gasteiger charge is 2.24. The molecule has 0 aliphatic carbocycles. The Kier molecular flexibility index (Phi) is 3.24. The number of aromatic hydroxyl groups is 1. The van der Waals surface area contributed by atoms with Gasteiger partial charge in [0, 0.05) is 0 Å². The number of rotatable bonds is 3. The van der Waals surface area contributed by atoms with Crippen LogP contribution >= 0.6 is 0 Å². The van der Waals surface area contributed by atoms with Crippen molar-refractivity contribution in [2.75, 3.05) is 7.11 Å². The minimum absolute atomic E-state index is 0.0648. The van der Waals surface area contributed by atoms with E-state index in [0.717, 1.165) is 0 Å². The first-order valence-electron chi connectivity index (χ1n) is 3.97. The fourth-order valence-corrected chi connectivity index (χ4v) is 1.17. The summed E-state index contributed by atoms with van der Waals surface area (Å²) in [6.45, 7) is 0. The molecule has 1 unspecified atom stereocenters. The molecule has 1 rings (SSSR count). The summed E-state index contributed by atoms with van der Waals surface area (Å²) in [6, 6.07) is 2.72. The largest absolute Gasteiger partial charge is 0.507 e. The Morgan fingerprint density at radius 3 is 2.57 bits per heavy atom. The normalized spacial score (nSPS) is 12.9. The smallest absolute Gasteiger partial charge is 0.257 e. The lowest BCUT2D eigenvalue weighted by Gasteiger charge is -2.15. The van der Waals surface area contributed by atoms with E-state index in [-0.39, 0.29) is 17.1 Å². The number of phenols is 1. The molecule has 5 heteroatoms. The summed E-state index contributed by atoms with van der Waals surface area (Å²) in [5, 5.41) is 9.35. The summed E-state index contributed by atoms with van der Waals surface area (Å²) in [4.78, 5) is 0. The molecule has 1 aromatic rings. The van der Waals surface area contributed by atoms with Gasteiger partial charge in [-0.3, -0.25) is 0 Å². The van der Waals surface area contributed by atoms with Crippen LogP contribution in [0.1, 0.15) is 11.6 Å². The van der Waals surface area contributed by atoms with Gasteiger partial charge in [-0.25, -0.2) is 8.78 Å². The van der Waals surface area contributed by atoms with Crippen LogP contribution in [0, 0.1) is 0 Å². The molecule has 3 nitrogen and oxygen atoms in total. The Labute approximate surface area is 80.1 Å². The van der Waals surface area contributed by atoms with E-state index in [2.05, 4.69) is 0 Å². The number of nitrogens with two attached hydrogens (primary N) is 1. The SMILES string of the molecule is COc1cccc(O)c1C(N)C(F)F. The number of halogens is 2. The van der Waals surface area contributed by atoms with Crippen molar-refractivity contribution >= 4 is 0 Å². The first kappa shape index (κ1) is 10.7. The van der Waals surface area contributed by atoms with Gasteiger partial charge in [-0.2, -0.15) is 0 Å². The van der Waals surface area contributed by atoms with Crippen molar-refractivity contribution in [2.24, 2.45) is 5.73 Å². The van der Waals surface area contributed by atoms with E-state index >= 15 is 0 Å². The first-order valence-corrected chi connectivity index (χ1v) is 3.97. The van der Waals surface area contributed by atoms with E-state index < -0.39 is 12.5 Å². The van der Waals surface area contributed by atoms with Crippen molar-refractivity contribution in [3.8, 4) is 11.5 Å². The first-order chi connectivity index (χ1) is 6.57. The van der Waals surface area contributed by atoms with Crippen LogP contribution in [-0.2, 0) is 0 Å². The summed E-state index contributed by atoms with van der Waals surface area (Å²) < 4.78 is 29.5. The molecule has 0 saturated carbocycles. The second kappa shape index (κ2) is 4.23. The maximum Gasteiger partial charge on any atom is 0.257 e. The zero-order chi connectivity index (χ0) is 10.7. The van der Waals surface area contributed by atoms with Gasteiger partial charge in [-0.1, -0.05) is 6.07 Å². The molecule has 0 aliphatic heterocycles. The van der Waals surface area contributed by atoms with Gasteiger partial charge >= 0.3 is 0 Å². The van der Waals surface area contributed by atoms with Crippen LogP contribution in [0.15, 0.2) is 18.2 Å². The monoisotopic (exact) mass is 203 g/mol. The minimum atomic E-state index is -2.74. The summed E-state index contributed by atoms with van der Waals surface area (Å²) in [6.07, 6.45) is -2.74. The maximum atomic E-state index is 12.3. The van der Waals surface area contributed by atoms with Crippen LogP contribution in [0.3, 0.4) is 0 Å². The molecule has 0 heterocycles. The van der Waals surface area contributed by atoms with Crippen molar-refractivity contribution in [3.63, 3.8) is 0 Å². The molecule has 0 amide bonds. The molecule has 0 aliphatic rings. The molecule has 3 N–H and O–H groups in total. The predicted molar refractivity (Wildman–Crippen MR) is 47.6 cm³/mol. The lowest BCUT2D eigenvalue weighted by atomic mass is 10.1. The van der Waals surface area contributed by atoms with E-state index in [1.165, 1.54) is 25.3 Å². The van der Waals surface area contributed by atoms with Crippen molar-refractivity contribution in [2.45, 2.75) is 12.5 Å². The van der Waals surface area contributed by atoms with Gasteiger partial charge < -0.3 is 15.6 Å². The van der Waals surface area contributed by atoms with Gasteiger partial charge in [0.25, 0.3) is 6.43 Å². The van der Waals surface area contributed by atoms with Crippen LogP contribution in [0.4, 0.5) is 8.78 Å². The number of hydrogen-bond donors (Lipinski definition) is 2. The second-order valence-electron chi connectivity index (χ2n) is 2.75. The second-order valence-corrected chi connectivity index (χ2v) is 2.75. The number of alkyl halides is 2. The zero-order valence-electron chi connectivity index (χ0n) is 7.58. The highest BCUT2D eigenvalue weighted by Crippen LogP contribution is 2.34. The molecular weight excluding hydrogens is 192 g/mol. The number of phenolic OH excluding ortho intramolecular Hbond substituents is 1. The fourth-order valence-electron chi connectivity index (χ4n) is 1.17. The molecule has 14 heavy (non-hydrogen) atoms. The summed E-state index contributed by atoms with van der Waals surface area (Å²) in [5.74, 6) is -0.116. The molecule has 0 radical (unpaired) electrons. The lowest BCUT2D eigenvalue weighted by molar-refractivity contribution is 0.114. The number of benzene rings is 1. The third kappa shape index (κ3) is 1.93. The topological polar surface area (TPSA) is 55.5 Å². The van der Waals surface area contributed by atoms with Crippen LogP contribution < -0.4 is 10.5 Å². The maximum absolute atomic E-state index is 12.3. The number of ether oxygens (including phenoxy) is 1. The molecule has 1 atom stereocenters. The third-order valence-corrected chi connectivity index (χ3v) is 1.87. The van der Waals surface area contributed by atoms with E-state index in [1.54, 1.807) is 0 Å². The van der Waals surface area contributed by atoms with E-state index in [0.29, 0.717) is 0 Å². The Morgan fingerprint density at radius 1 is 1.43 bits per heavy atom. The summed E-state index contributed by atoms with van der Waals surface area (Å²) in [7, 11) is 1.33. The average Bonchev–Trinajstić information content (AvgIpc) is 2.16. The molecule has 0 fully saturated rings. The van der Waals surface area contributed by atoms with E-state index in [1.807, 2.05) is 0 Å². The molecule has 1 aromatic carbocycles. The van der Waals surface area contributed by atoms with Gasteiger partial charge in [0.15, 0.2) is 0 Å². The van der Waals surface area contributed by atoms with Gasteiger partial charge in [-0.05, 0) is 12.1 Å². The van der Waals surface area contributed by atoms with Gasteiger partial charge in [0.05, 0.1) is 18.7 Å². The zero-order valence-corrected chi connectivity index (χ0v) is 7.58. The van der Waals surface area contributed by atoms with Crippen molar-refractivity contribution < 1.29 is 18.6 Å². The molecule has 78 valence electrons. The Hall–Kier alpha value is -1.36. The number of hydrogen-bond acceptors (Lipinski definition) is 3. The Morgan fingerprint density at radius 2 is 2.07 bits per heavy atom. The van der Waals surface area contributed by atoms with Crippen molar-refractivity contribution in [3.05, 3.63) is 23.8 Å². The minimum Gasteiger partial charge on any atom is -0.507 e. The third-order valence-electron chi connectivity index (χ3n) is 1.87. The van der Waals surface area contributed by atoms with E-state index in [9.17, 15) is 13.9 Å². The van der Waals surface area contributed by atoms with Crippen LogP contribution in [0.2, 0.25) is 0 Å². The molecule has 0 spiro atoms. The van der Waals surface area contributed by atoms with Crippen LogP contribution in [-0.4, -0.2) is 18.6 Å². The highest BCUT2D eigenvalue weighted by atomic mass is 19.3. The Balaban J connectivity index is 3.16. The molecule has 0 saturated heterocycles.